The largest absolute Gasteiger partial charge is 0.100 e. The highest BCUT2D eigenvalue weighted by Crippen LogP contribution is 2.30. The van der Waals surface area contributed by atoms with Gasteiger partial charge in [0.25, 0.3) is 0 Å². The van der Waals surface area contributed by atoms with Crippen LogP contribution in [0.2, 0.25) is 0 Å². The van der Waals surface area contributed by atoms with Gasteiger partial charge in [0.15, 0.2) is 0 Å². The predicted molar refractivity (Wildman–Crippen MR) is 275 cm³/mol. The van der Waals surface area contributed by atoms with E-state index in [2.05, 4.69) is 173 Å². The topological polar surface area (TPSA) is 0 Å². The number of rotatable bonds is 16. The van der Waals surface area contributed by atoms with Gasteiger partial charge in [0.1, 0.15) is 0 Å². The lowest BCUT2D eigenvalue weighted by atomic mass is 9.86. The SMILES string of the molecule is C=C(/C=c1/ccccc1=C(C)C)C(=C)/C(=C/C(=C\C)C(CC)CCCC)C(=C)C.C=C(C)C.CC.CC(C)(C)C.CC1CCCCC1.CCCC[C@H](CC)[C@@H](C)CC. The Morgan fingerprint density at radius 2 is 1.24 bits per heavy atom. The molecule has 1 aliphatic carbocycles. The molecular weight excluding hydrogens is 697 g/mol. The highest BCUT2D eigenvalue weighted by Gasteiger charge is 2.14. The van der Waals surface area contributed by atoms with Crippen LogP contribution in [0.5, 0.6) is 0 Å². The molecule has 0 saturated heterocycles. The van der Waals surface area contributed by atoms with Gasteiger partial charge in [-0.1, -0.05) is 240 Å². The molecule has 0 N–H and O–H groups in total. The minimum Gasteiger partial charge on any atom is -0.100 e. The van der Waals surface area contributed by atoms with Gasteiger partial charge in [0.05, 0.1) is 0 Å². The first kappa shape index (κ1) is 62.1. The van der Waals surface area contributed by atoms with E-state index < -0.39 is 0 Å². The van der Waals surface area contributed by atoms with Crippen LogP contribution in [-0.2, 0) is 0 Å². The molecule has 1 aromatic carbocycles. The van der Waals surface area contributed by atoms with Crippen LogP contribution in [0.1, 0.15) is 221 Å². The number of allylic oxidation sites excluding steroid dienone is 8. The second-order valence-corrected chi connectivity index (χ2v) is 18.8. The van der Waals surface area contributed by atoms with Crippen LogP contribution in [0.3, 0.4) is 0 Å². The molecule has 0 spiro atoms. The van der Waals surface area contributed by atoms with E-state index in [1.54, 1.807) is 0 Å². The third-order valence-electron chi connectivity index (χ3n) is 10.3. The molecule has 1 fully saturated rings. The molecular formula is C58H104. The fraction of sp³-hybridized carbons (Fsp3) is 0.655. The molecule has 0 heteroatoms. The molecule has 336 valence electrons. The van der Waals surface area contributed by atoms with Gasteiger partial charge < -0.3 is 0 Å². The molecule has 0 radical (unpaired) electrons. The average Bonchev–Trinajstić information content (AvgIpc) is 3.16. The zero-order valence-electron chi connectivity index (χ0n) is 43.1. The van der Waals surface area contributed by atoms with Crippen molar-refractivity contribution in [3.63, 3.8) is 0 Å². The number of hydrogen-bond donors (Lipinski definition) is 0. The maximum Gasteiger partial charge on any atom is -0.0158 e. The molecule has 1 aromatic rings. The lowest BCUT2D eigenvalue weighted by Crippen LogP contribution is -2.25. The zero-order valence-corrected chi connectivity index (χ0v) is 43.1. The van der Waals surface area contributed by atoms with Crippen molar-refractivity contribution in [3.8, 4) is 0 Å². The third-order valence-corrected chi connectivity index (χ3v) is 10.3. The molecule has 0 heterocycles. The fourth-order valence-corrected chi connectivity index (χ4v) is 6.65. The summed E-state index contributed by atoms with van der Waals surface area (Å²) in [5.41, 5.74) is 8.36. The summed E-state index contributed by atoms with van der Waals surface area (Å²) >= 11 is 0. The van der Waals surface area contributed by atoms with E-state index in [0.717, 1.165) is 46.5 Å². The van der Waals surface area contributed by atoms with Gasteiger partial charge in [-0.3, -0.25) is 0 Å². The third kappa shape index (κ3) is 35.4. The van der Waals surface area contributed by atoms with Gasteiger partial charge >= 0.3 is 0 Å². The van der Waals surface area contributed by atoms with Crippen LogP contribution in [0.25, 0.3) is 11.6 Å². The van der Waals surface area contributed by atoms with Crippen LogP contribution < -0.4 is 10.4 Å². The maximum atomic E-state index is 4.39. The maximum absolute atomic E-state index is 4.39. The standard InChI is InChI=1S/C29H40.C11H24.C7H14.C5H12.C4H8.C2H6/c1-10-13-16-25(11-2)26(12-3)20-29(22(6)7)24(9)23(8)19-27-17-14-15-18-28(27)21(4)5;1-5-8-9-11(7-3)10(4)6-2;1-7-5-3-2-4-6-7;1-5(2,3)4;1-4(2)3;1-2/h12,14-15,17-20,25H,6,8-11,13,16H2,1-5,7H3;10-11H,5-9H2,1-4H3;7H,2-6H2,1H3;1-4H3;1H2,2-3H3;1-2H3/b26-12+,27-19-,29-20+;;;;;/t;10-,11-;;;;/m.0..../s1. The van der Waals surface area contributed by atoms with Gasteiger partial charge in [-0.25, -0.2) is 0 Å². The lowest BCUT2D eigenvalue weighted by Gasteiger charge is -2.20. The Labute approximate surface area is 367 Å². The van der Waals surface area contributed by atoms with Crippen LogP contribution >= 0.6 is 0 Å². The van der Waals surface area contributed by atoms with Crippen molar-refractivity contribution in [2.45, 2.75) is 221 Å². The Morgan fingerprint density at radius 1 is 0.759 bits per heavy atom. The van der Waals surface area contributed by atoms with E-state index in [-0.39, 0.29) is 0 Å². The fourth-order valence-electron chi connectivity index (χ4n) is 6.65. The highest BCUT2D eigenvalue weighted by atomic mass is 14.2. The van der Waals surface area contributed by atoms with E-state index >= 15 is 0 Å². The molecule has 0 nitrogen and oxygen atoms in total. The molecule has 0 aliphatic heterocycles. The van der Waals surface area contributed by atoms with Crippen molar-refractivity contribution in [2.24, 2.45) is 29.1 Å². The predicted octanol–water partition coefficient (Wildman–Crippen LogP) is 18.9. The second-order valence-electron chi connectivity index (χ2n) is 18.8. The van der Waals surface area contributed by atoms with Crippen LogP contribution in [0.4, 0.5) is 0 Å². The summed E-state index contributed by atoms with van der Waals surface area (Å²) in [6.07, 6.45) is 25.9. The summed E-state index contributed by atoms with van der Waals surface area (Å²) in [4.78, 5) is 0. The minimum atomic E-state index is 0.500. The van der Waals surface area contributed by atoms with E-state index in [1.807, 2.05) is 27.7 Å². The zero-order chi connectivity index (χ0) is 45.9. The number of unbranched alkanes of at least 4 members (excludes halogenated alkanes) is 2. The molecule has 2 rings (SSSR count). The first-order valence-electron chi connectivity index (χ1n) is 23.9. The molecule has 58 heavy (non-hydrogen) atoms. The van der Waals surface area contributed by atoms with Crippen LogP contribution in [0, 0.1) is 29.1 Å². The van der Waals surface area contributed by atoms with Crippen molar-refractivity contribution in [1.82, 2.24) is 0 Å². The smallest absolute Gasteiger partial charge is 0.0158 e. The monoisotopic (exact) mass is 801 g/mol. The summed E-state index contributed by atoms with van der Waals surface area (Å²) in [5.74, 6) is 3.54. The molecule has 1 unspecified atom stereocenters. The summed E-state index contributed by atoms with van der Waals surface area (Å²) in [6.45, 7) is 57.9. The van der Waals surface area contributed by atoms with Crippen molar-refractivity contribution >= 4 is 11.6 Å². The summed E-state index contributed by atoms with van der Waals surface area (Å²) in [6, 6.07) is 8.45. The Kier molecular flexibility index (Phi) is 41.3. The van der Waals surface area contributed by atoms with Gasteiger partial charge in [0.2, 0.25) is 0 Å². The van der Waals surface area contributed by atoms with Gasteiger partial charge in [-0.2, -0.15) is 0 Å². The van der Waals surface area contributed by atoms with Crippen LogP contribution in [0.15, 0.2) is 96.2 Å². The number of hydrogen-bond acceptors (Lipinski definition) is 0. The Bertz CT molecular complexity index is 1380. The minimum absolute atomic E-state index is 0.500. The Hall–Kier alpha value is -2.60. The summed E-state index contributed by atoms with van der Waals surface area (Å²) in [7, 11) is 0. The van der Waals surface area contributed by atoms with Crippen molar-refractivity contribution in [2.75, 3.05) is 0 Å². The quantitative estimate of drug-likeness (QED) is 0.115. The van der Waals surface area contributed by atoms with Gasteiger partial charge in [-0.15, -0.1) is 6.58 Å². The first-order chi connectivity index (χ1) is 27.1. The average molecular weight is 801 g/mol. The number of benzene rings is 1. The molecule has 0 aromatic heterocycles. The van der Waals surface area contributed by atoms with E-state index in [0.29, 0.717) is 11.3 Å². The van der Waals surface area contributed by atoms with Crippen molar-refractivity contribution < 1.29 is 0 Å². The first-order valence-corrected chi connectivity index (χ1v) is 23.9. The second kappa shape index (κ2) is 38.6. The van der Waals surface area contributed by atoms with Crippen LogP contribution in [-0.4, -0.2) is 0 Å². The lowest BCUT2D eigenvalue weighted by molar-refractivity contribution is 0.310. The molecule has 1 saturated carbocycles. The van der Waals surface area contributed by atoms with Gasteiger partial charge in [0, 0.05) is 0 Å². The van der Waals surface area contributed by atoms with Gasteiger partial charge in [-0.05, 0) is 122 Å². The highest BCUT2D eigenvalue weighted by molar-refractivity contribution is 5.66. The molecule has 0 amide bonds. The molecule has 3 atom stereocenters. The van der Waals surface area contributed by atoms with E-state index in [1.165, 1.54) is 111 Å². The molecule has 1 aliphatic rings. The van der Waals surface area contributed by atoms with Crippen molar-refractivity contribution in [3.05, 3.63) is 107 Å². The Morgan fingerprint density at radius 3 is 1.60 bits per heavy atom. The molecule has 0 bridgehead atoms. The summed E-state index contributed by atoms with van der Waals surface area (Å²) < 4.78 is 0. The normalized spacial score (nSPS) is 14.7. The van der Waals surface area contributed by atoms with E-state index in [4.69, 9.17) is 0 Å². The van der Waals surface area contributed by atoms with E-state index in [9.17, 15) is 0 Å². The Balaban J connectivity index is -0.000000405. The summed E-state index contributed by atoms with van der Waals surface area (Å²) in [5, 5.41) is 2.43. The van der Waals surface area contributed by atoms with Crippen molar-refractivity contribution in [1.29, 1.82) is 0 Å².